The maximum Gasteiger partial charge on any atom is 0.194 e. The number of rotatable bonds is 4. The molecule has 0 bridgehead atoms. The largest absolute Gasteiger partial charge is 0.378 e. The number of hydrogen-bond acceptors (Lipinski definition) is 8. The van der Waals surface area contributed by atoms with E-state index in [-0.39, 0.29) is 11.6 Å². The molecule has 0 N–H and O–H groups in total. The Morgan fingerprint density at radius 2 is 1.06 bits per heavy atom. The first-order valence-corrected chi connectivity index (χ1v) is 11.7. The van der Waals surface area contributed by atoms with Gasteiger partial charge in [-0.2, -0.15) is 0 Å². The van der Waals surface area contributed by atoms with Crippen LogP contribution in [0.4, 0.5) is 0 Å². The number of fused-ring (bicyclic) bond motifs is 2. The molecule has 8 heteroatoms. The average molecular weight is 461 g/mol. The maximum absolute atomic E-state index is 13.2. The molecule has 0 atom stereocenters. The lowest BCUT2D eigenvalue weighted by atomic mass is 9.75. The van der Waals surface area contributed by atoms with Gasteiger partial charge in [0.05, 0.1) is 26.4 Å². The van der Waals surface area contributed by atoms with Gasteiger partial charge in [0, 0.05) is 97.5 Å². The Morgan fingerprint density at radius 1 is 0.647 bits per heavy atom. The number of ether oxygens (including phenoxy) is 2. The molecule has 0 spiro atoms. The van der Waals surface area contributed by atoms with E-state index in [4.69, 9.17) is 9.47 Å². The summed E-state index contributed by atoms with van der Waals surface area (Å²) < 4.78 is 10.7. The zero-order valence-electron chi connectivity index (χ0n) is 19.1. The molecule has 176 valence electrons. The fraction of sp³-hybridized carbons (Fsp3) is 0.385. The van der Waals surface area contributed by atoms with Gasteiger partial charge >= 0.3 is 0 Å². The van der Waals surface area contributed by atoms with Gasteiger partial charge in [-0.15, -0.1) is 0 Å². The second-order valence-electron chi connectivity index (χ2n) is 8.55. The first-order valence-electron chi connectivity index (χ1n) is 11.7. The Bertz CT molecular complexity index is 1020. The minimum absolute atomic E-state index is 0.121. The summed E-state index contributed by atoms with van der Waals surface area (Å²) >= 11 is 0. The predicted molar refractivity (Wildman–Crippen MR) is 130 cm³/mol. The second-order valence-corrected chi connectivity index (χ2v) is 8.55. The van der Waals surface area contributed by atoms with Gasteiger partial charge < -0.3 is 19.3 Å². The topological polar surface area (TPSA) is 83.8 Å². The summed E-state index contributed by atoms with van der Waals surface area (Å²) in [6, 6.07) is 0. The van der Waals surface area contributed by atoms with Gasteiger partial charge in [-0.05, 0) is 12.2 Å². The van der Waals surface area contributed by atoms with Gasteiger partial charge in [-0.1, -0.05) is 12.2 Å². The van der Waals surface area contributed by atoms with E-state index in [0.717, 1.165) is 64.0 Å². The van der Waals surface area contributed by atoms with Gasteiger partial charge in [0.15, 0.2) is 11.6 Å². The minimum atomic E-state index is -0.121. The summed E-state index contributed by atoms with van der Waals surface area (Å²) in [5, 5.41) is 0. The van der Waals surface area contributed by atoms with Crippen LogP contribution in [-0.4, -0.2) is 85.4 Å². The Morgan fingerprint density at radius 3 is 1.47 bits per heavy atom. The van der Waals surface area contributed by atoms with E-state index < -0.39 is 0 Å². The molecule has 2 aliphatic heterocycles. The van der Waals surface area contributed by atoms with E-state index in [2.05, 4.69) is 19.8 Å². The number of allylic oxidation sites excluding steroid dienone is 8. The number of carbonyl (C=O) groups excluding carboxylic acids is 2. The predicted octanol–water partition coefficient (Wildman–Crippen LogP) is 2.14. The fourth-order valence-corrected chi connectivity index (χ4v) is 4.42. The molecular weight excluding hydrogens is 432 g/mol. The van der Waals surface area contributed by atoms with E-state index in [9.17, 15) is 9.59 Å². The zero-order valence-corrected chi connectivity index (χ0v) is 19.1. The van der Waals surface area contributed by atoms with Gasteiger partial charge in [0.25, 0.3) is 0 Å². The molecule has 2 heterocycles. The summed E-state index contributed by atoms with van der Waals surface area (Å²) in [5.41, 5.74) is 3.34. The van der Waals surface area contributed by atoms with Crippen molar-refractivity contribution < 1.29 is 19.1 Å². The van der Waals surface area contributed by atoms with Crippen LogP contribution in [0.25, 0.3) is 0 Å². The molecule has 3 aliphatic carbocycles. The fourth-order valence-electron chi connectivity index (χ4n) is 4.42. The molecule has 34 heavy (non-hydrogen) atoms. The first-order chi connectivity index (χ1) is 16.7. The van der Waals surface area contributed by atoms with Crippen molar-refractivity contribution in [2.24, 2.45) is 9.98 Å². The summed E-state index contributed by atoms with van der Waals surface area (Å²) in [6.45, 7) is 6.25. The second kappa shape index (κ2) is 10.3. The van der Waals surface area contributed by atoms with E-state index in [0.29, 0.717) is 35.1 Å². The lowest BCUT2D eigenvalue weighted by Gasteiger charge is -2.26. The number of carbonyl (C=O) groups is 2. The highest BCUT2D eigenvalue weighted by Gasteiger charge is 2.37. The SMILES string of the molecule is O=C1C2=CCC(=NC=CN3CCOCC3)C=C2C(=O)C2=CCC(=NC=CN3CCOCC3)C=C12. The quantitative estimate of drug-likeness (QED) is 0.639. The molecule has 0 aromatic carbocycles. The van der Waals surface area contributed by atoms with Crippen LogP contribution in [0.15, 0.2) is 81.4 Å². The van der Waals surface area contributed by atoms with Crippen LogP contribution in [0.5, 0.6) is 0 Å². The highest BCUT2D eigenvalue weighted by Crippen LogP contribution is 2.35. The lowest BCUT2D eigenvalue weighted by Crippen LogP contribution is -2.32. The number of hydrogen-bond donors (Lipinski definition) is 0. The van der Waals surface area contributed by atoms with Crippen molar-refractivity contribution >= 4 is 23.0 Å². The van der Waals surface area contributed by atoms with Crippen LogP contribution in [0.2, 0.25) is 0 Å². The highest BCUT2D eigenvalue weighted by atomic mass is 16.5. The highest BCUT2D eigenvalue weighted by molar-refractivity contribution is 6.37. The third kappa shape index (κ3) is 4.93. The van der Waals surface area contributed by atoms with Crippen molar-refractivity contribution in [3.05, 3.63) is 71.4 Å². The van der Waals surface area contributed by atoms with Gasteiger partial charge in [-0.3, -0.25) is 19.6 Å². The number of morpholine rings is 2. The molecule has 8 nitrogen and oxygen atoms in total. The van der Waals surface area contributed by atoms with Crippen molar-refractivity contribution in [1.29, 1.82) is 0 Å². The van der Waals surface area contributed by atoms with E-state index in [1.54, 1.807) is 24.6 Å². The molecule has 5 aliphatic rings. The smallest absolute Gasteiger partial charge is 0.194 e. The Kier molecular flexibility index (Phi) is 6.78. The summed E-state index contributed by atoms with van der Waals surface area (Å²) in [6.07, 6.45) is 15.6. The van der Waals surface area contributed by atoms with Crippen molar-refractivity contribution in [1.82, 2.24) is 9.80 Å². The van der Waals surface area contributed by atoms with Crippen LogP contribution in [0.3, 0.4) is 0 Å². The van der Waals surface area contributed by atoms with Gasteiger partial charge in [0.1, 0.15) is 0 Å². The zero-order chi connectivity index (χ0) is 23.3. The maximum atomic E-state index is 13.2. The number of Topliss-reactive ketones (excluding diaryl/α,β-unsaturated/α-hetero) is 2. The molecule has 0 aromatic rings. The Labute approximate surface area is 199 Å². The first kappa shape index (κ1) is 22.4. The molecular formula is C26H28N4O4. The molecule has 1 saturated carbocycles. The molecule has 2 saturated heterocycles. The normalized spacial score (nSPS) is 26.0. The van der Waals surface area contributed by atoms with Crippen LogP contribution in [-0.2, 0) is 19.1 Å². The Balaban J connectivity index is 1.30. The summed E-state index contributed by atoms with van der Waals surface area (Å²) in [7, 11) is 0. The van der Waals surface area contributed by atoms with Crippen molar-refractivity contribution in [3.8, 4) is 0 Å². The number of nitrogens with zero attached hydrogens (tertiary/aromatic N) is 4. The molecule has 0 unspecified atom stereocenters. The van der Waals surface area contributed by atoms with E-state index in [1.165, 1.54) is 0 Å². The van der Waals surface area contributed by atoms with Crippen LogP contribution < -0.4 is 0 Å². The molecule has 0 amide bonds. The molecule has 0 radical (unpaired) electrons. The minimum Gasteiger partial charge on any atom is -0.378 e. The van der Waals surface area contributed by atoms with Crippen molar-refractivity contribution in [2.75, 3.05) is 52.6 Å². The average Bonchev–Trinajstić information content (AvgIpc) is 2.88. The van der Waals surface area contributed by atoms with Gasteiger partial charge in [0.2, 0.25) is 0 Å². The third-order valence-corrected chi connectivity index (χ3v) is 6.34. The third-order valence-electron chi connectivity index (χ3n) is 6.34. The van der Waals surface area contributed by atoms with Crippen molar-refractivity contribution in [3.63, 3.8) is 0 Å². The number of ketones is 2. The summed E-state index contributed by atoms with van der Waals surface area (Å²) in [5.74, 6) is -0.242. The van der Waals surface area contributed by atoms with Crippen molar-refractivity contribution in [2.45, 2.75) is 12.8 Å². The Hall–Kier alpha value is -3.36. The lowest BCUT2D eigenvalue weighted by molar-refractivity contribution is -0.117. The van der Waals surface area contributed by atoms with Crippen LogP contribution in [0, 0.1) is 0 Å². The molecule has 3 fully saturated rings. The van der Waals surface area contributed by atoms with Crippen LogP contribution in [0.1, 0.15) is 12.8 Å². The monoisotopic (exact) mass is 460 g/mol. The van der Waals surface area contributed by atoms with E-state index >= 15 is 0 Å². The molecule has 0 aromatic heterocycles. The standard InChI is InChI=1S/C26H28N4O4/c31-25-21-3-1-19(27-5-7-29-9-13-33-14-10-29)17-23(21)26(32)22-4-2-20(18-24(22)25)28-6-8-30-11-15-34-16-12-30/h3-8,17-18H,1-2,9-16H2. The van der Waals surface area contributed by atoms with Gasteiger partial charge in [-0.25, -0.2) is 0 Å². The number of aliphatic imine (C=N–C) groups is 2. The summed E-state index contributed by atoms with van der Waals surface area (Å²) in [4.78, 5) is 39.7. The van der Waals surface area contributed by atoms with E-state index in [1.807, 2.05) is 24.6 Å². The molecule has 5 rings (SSSR count). The van der Waals surface area contributed by atoms with Crippen LogP contribution >= 0.6 is 0 Å².